The van der Waals surface area contributed by atoms with Crippen molar-refractivity contribution in [3.8, 4) is 5.75 Å². The summed E-state index contributed by atoms with van der Waals surface area (Å²) in [6.45, 7) is 4.56. The molecule has 1 aromatic carbocycles. The van der Waals surface area contributed by atoms with Gasteiger partial charge in [-0.2, -0.15) is 0 Å². The molecule has 1 heterocycles. The van der Waals surface area contributed by atoms with Crippen molar-refractivity contribution < 1.29 is 33.3 Å². The quantitative estimate of drug-likeness (QED) is 0.417. The zero-order valence-electron chi connectivity index (χ0n) is 14.0. The molecular formula is C17H17BrO7. The molecule has 1 fully saturated rings. The number of hydrogen-bond donors (Lipinski definition) is 0. The maximum absolute atomic E-state index is 12.1. The number of rotatable bonds is 5. The van der Waals surface area contributed by atoms with Crippen LogP contribution in [-0.2, 0) is 28.6 Å². The van der Waals surface area contributed by atoms with E-state index in [9.17, 15) is 14.4 Å². The van der Waals surface area contributed by atoms with Crippen LogP contribution < -0.4 is 4.74 Å². The first-order valence-electron chi connectivity index (χ1n) is 7.48. The Kier molecular flexibility index (Phi) is 5.84. The molecule has 1 aliphatic rings. The molecule has 1 saturated heterocycles. The molecule has 7 nitrogen and oxygen atoms in total. The number of hydrogen-bond acceptors (Lipinski definition) is 7. The molecule has 0 saturated carbocycles. The van der Waals surface area contributed by atoms with Gasteiger partial charge in [-0.25, -0.2) is 14.4 Å². The number of ether oxygens (including phenoxy) is 4. The average molecular weight is 413 g/mol. The first-order valence-corrected chi connectivity index (χ1v) is 8.27. The molecule has 0 atom stereocenters. The standard InChI is InChI=1S/C17H17BrO7/c1-4-22-14(19)9-23-13-6-5-11(18)7-10(13)8-12-15(20)24-17(2,3)25-16(12)21/h5-8H,4,9H2,1-3H3. The third-order valence-corrected chi connectivity index (χ3v) is 3.53. The molecule has 0 aliphatic carbocycles. The highest BCUT2D eigenvalue weighted by Crippen LogP contribution is 2.29. The monoisotopic (exact) mass is 412 g/mol. The summed E-state index contributed by atoms with van der Waals surface area (Å²) < 4.78 is 21.0. The summed E-state index contributed by atoms with van der Waals surface area (Å²) >= 11 is 3.31. The fraction of sp³-hybridized carbons (Fsp3) is 0.353. The fourth-order valence-electron chi connectivity index (χ4n) is 2.04. The summed E-state index contributed by atoms with van der Waals surface area (Å²) in [6.07, 6.45) is 1.30. The van der Waals surface area contributed by atoms with Crippen LogP contribution in [0.15, 0.2) is 28.2 Å². The van der Waals surface area contributed by atoms with Crippen LogP contribution in [0.2, 0.25) is 0 Å². The normalized spacial score (nSPS) is 15.9. The molecule has 0 unspecified atom stereocenters. The van der Waals surface area contributed by atoms with Gasteiger partial charge in [0, 0.05) is 23.9 Å². The van der Waals surface area contributed by atoms with Gasteiger partial charge in [-0.3, -0.25) is 0 Å². The molecule has 0 spiro atoms. The molecule has 0 aromatic heterocycles. The van der Waals surface area contributed by atoms with Crippen molar-refractivity contribution in [2.45, 2.75) is 26.6 Å². The highest BCUT2D eigenvalue weighted by Gasteiger charge is 2.39. The van der Waals surface area contributed by atoms with E-state index in [4.69, 9.17) is 18.9 Å². The van der Waals surface area contributed by atoms with Gasteiger partial charge in [0.1, 0.15) is 11.3 Å². The van der Waals surface area contributed by atoms with Crippen LogP contribution in [0.1, 0.15) is 26.3 Å². The molecule has 1 aromatic rings. The number of carbonyl (C=O) groups is 3. The first kappa shape index (κ1) is 19.0. The number of esters is 3. The van der Waals surface area contributed by atoms with E-state index in [-0.39, 0.29) is 18.8 Å². The Balaban J connectivity index is 2.29. The average Bonchev–Trinajstić information content (AvgIpc) is 2.49. The van der Waals surface area contributed by atoms with Crippen LogP contribution in [0.25, 0.3) is 6.08 Å². The van der Waals surface area contributed by atoms with Crippen LogP contribution in [0.3, 0.4) is 0 Å². The highest BCUT2D eigenvalue weighted by molar-refractivity contribution is 9.10. The number of benzene rings is 1. The Bertz CT molecular complexity index is 715. The number of halogens is 1. The minimum atomic E-state index is -1.31. The topological polar surface area (TPSA) is 88.1 Å². The third kappa shape index (κ3) is 5.06. The maximum Gasteiger partial charge on any atom is 0.348 e. The van der Waals surface area contributed by atoms with Crippen molar-refractivity contribution in [3.05, 3.63) is 33.8 Å². The molecular weight excluding hydrogens is 396 g/mol. The second-order valence-electron chi connectivity index (χ2n) is 5.51. The number of cyclic esters (lactones) is 2. The lowest BCUT2D eigenvalue weighted by Crippen LogP contribution is -2.41. The second kappa shape index (κ2) is 7.69. The van der Waals surface area contributed by atoms with E-state index in [0.29, 0.717) is 15.8 Å². The lowest BCUT2D eigenvalue weighted by Gasteiger charge is -2.29. The Hall–Kier alpha value is -2.35. The zero-order chi connectivity index (χ0) is 18.6. The van der Waals surface area contributed by atoms with Gasteiger partial charge in [-0.15, -0.1) is 0 Å². The molecule has 0 bridgehead atoms. The van der Waals surface area contributed by atoms with Gasteiger partial charge in [0.2, 0.25) is 0 Å². The van der Waals surface area contributed by atoms with Crippen molar-refractivity contribution in [2.75, 3.05) is 13.2 Å². The molecule has 1 aliphatic heterocycles. The van der Waals surface area contributed by atoms with Crippen molar-refractivity contribution >= 4 is 39.9 Å². The molecule has 134 valence electrons. The number of carbonyl (C=O) groups excluding carboxylic acids is 3. The maximum atomic E-state index is 12.1. The predicted octanol–water partition coefficient (Wildman–Crippen LogP) is 2.61. The van der Waals surface area contributed by atoms with E-state index >= 15 is 0 Å². The van der Waals surface area contributed by atoms with Gasteiger partial charge < -0.3 is 18.9 Å². The summed E-state index contributed by atoms with van der Waals surface area (Å²) in [5.41, 5.74) is 0.140. The largest absolute Gasteiger partial charge is 0.481 e. The Morgan fingerprint density at radius 1 is 1.24 bits per heavy atom. The summed E-state index contributed by atoms with van der Waals surface area (Å²) in [5.74, 6) is -3.13. The van der Waals surface area contributed by atoms with Crippen molar-refractivity contribution in [2.24, 2.45) is 0 Å². The third-order valence-electron chi connectivity index (χ3n) is 3.04. The molecule has 25 heavy (non-hydrogen) atoms. The summed E-state index contributed by atoms with van der Waals surface area (Å²) in [6, 6.07) is 4.93. The SMILES string of the molecule is CCOC(=O)COc1ccc(Br)cc1C=C1C(=O)OC(C)(C)OC1=O. The van der Waals surface area contributed by atoms with Gasteiger partial charge in [0.05, 0.1) is 6.61 Å². The summed E-state index contributed by atoms with van der Waals surface area (Å²) in [4.78, 5) is 35.5. The lowest BCUT2D eigenvalue weighted by molar-refractivity contribution is -0.222. The van der Waals surface area contributed by atoms with Crippen LogP contribution in [0, 0.1) is 0 Å². The van der Waals surface area contributed by atoms with Crippen molar-refractivity contribution in [1.82, 2.24) is 0 Å². The van der Waals surface area contributed by atoms with Crippen LogP contribution >= 0.6 is 15.9 Å². The zero-order valence-corrected chi connectivity index (χ0v) is 15.5. The Labute approximate surface area is 153 Å². The molecule has 0 N–H and O–H groups in total. The molecule has 8 heteroatoms. The Morgan fingerprint density at radius 3 is 2.48 bits per heavy atom. The van der Waals surface area contributed by atoms with Crippen molar-refractivity contribution in [3.63, 3.8) is 0 Å². The van der Waals surface area contributed by atoms with Gasteiger partial charge in [0.25, 0.3) is 5.79 Å². The van der Waals surface area contributed by atoms with E-state index in [1.165, 1.54) is 19.9 Å². The minimum Gasteiger partial charge on any atom is -0.481 e. The van der Waals surface area contributed by atoms with Gasteiger partial charge in [-0.05, 0) is 31.2 Å². The van der Waals surface area contributed by atoms with E-state index in [0.717, 1.165) is 0 Å². The molecule has 2 rings (SSSR count). The van der Waals surface area contributed by atoms with Crippen molar-refractivity contribution in [1.29, 1.82) is 0 Å². The van der Waals surface area contributed by atoms with Crippen LogP contribution in [0.5, 0.6) is 5.75 Å². The van der Waals surface area contributed by atoms with Gasteiger partial charge in [-0.1, -0.05) is 15.9 Å². The van der Waals surface area contributed by atoms with Gasteiger partial charge >= 0.3 is 17.9 Å². The van der Waals surface area contributed by atoms with E-state index < -0.39 is 23.7 Å². The molecule has 0 radical (unpaired) electrons. The van der Waals surface area contributed by atoms with E-state index in [1.807, 2.05) is 0 Å². The van der Waals surface area contributed by atoms with E-state index in [2.05, 4.69) is 15.9 Å². The summed E-state index contributed by atoms with van der Waals surface area (Å²) in [5, 5.41) is 0. The van der Waals surface area contributed by atoms with Crippen LogP contribution in [0.4, 0.5) is 0 Å². The van der Waals surface area contributed by atoms with Gasteiger partial charge in [0.15, 0.2) is 6.61 Å². The fourth-order valence-corrected chi connectivity index (χ4v) is 2.42. The second-order valence-corrected chi connectivity index (χ2v) is 6.43. The molecule has 0 amide bonds. The predicted molar refractivity (Wildman–Crippen MR) is 90.5 cm³/mol. The summed E-state index contributed by atoms with van der Waals surface area (Å²) in [7, 11) is 0. The Morgan fingerprint density at radius 2 is 1.88 bits per heavy atom. The minimum absolute atomic E-state index is 0.243. The van der Waals surface area contributed by atoms with E-state index in [1.54, 1.807) is 25.1 Å². The first-order chi connectivity index (χ1) is 11.7. The highest BCUT2D eigenvalue weighted by atomic mass is 79.9. The lowest BCUT2D eigenvalue weighted by atomic mass is 10.1. The smallest absolute Gasteiger partial charge is 0.348 e. The van der Waals surface area contributed by atoms with Crippen LogP contribution in [-0.4, -0.2) is 36.9 Å².